The summed E-state index contributed by atoms with van der Waals surface area (Å²) in [5.41, 5.74) is 4.73. The Bertz CT molecular complexity index is 1430. The molecule has 198 valence electrons. The van der Waals surface area contributed by atoms with Crippen molar-refractivity contribution >= 4 is 15.6 Å². The first kappa shape index (κ1) is 26.2. The second-order valence-corrected chi connectivity index (χ2v) is 12.2. The molecule has 3 aromatic rings. The third-order valence-corrected chi connectivity index (χ3v) is 9.49. The van der Waals surface area contributed by atoms with Crippen LogP contribution in [0.4, 0.5) is 8.78 Å². The molecule has 0 N–H and O–H groups in total. The fourth-order valence-corrected chi connectivity index (χ4v) is 6.38. The summed E-state index contributed by atoms with van der Waals surface area (Å²) in [5, 5.41) is 8.05. The maximum absolute atomic E-state index is 13.6. The minimum atomic E-state index is -3.72. The Kier molecular flexibility index (Phi) is 7.40. The fourth-order valence-electron chi connectivity index (χ4n) is 5.00. The van der Waals surface area contributed by atoms with E-state index in [1.807, 2.05) is 12.2 Å². The third-order valence-electron chi connectivity index (χ3n) is 7.34. The average Bonchev–Trinajstić information content (AvgIpc) is 3.41. The van der Waals surface area contributed by atoms with Crippen molar-refractivity contribution in [3.8, 4) is 0 Å². The van der Waals surface area contributed by atoms with E-state index in [1.54, 1.807) is 43.3 Å². The van der Waals surface area contributed by atoms with Gasteiger partial charge in [-0.05, 0) is 67.2 Å². The Morgan fingerprint density at radius 2 is 1.55 bits per heavy atom. The molecule has 1 atom stereocenters. The van der Waals surface area contributed by atoms with E-state index in [2.05, 4.69) is 15.2 Å². The van der Waals surface area contributed by atoms with Crippen molar-refractivity contribution in [3.63, 3.8) is 0 Å². The van der Waals surface area contributed by atoms with Gasteiger partial charge in [0, 0.05) is 26.1 Å². The first-order valence-corrected chi connectivity index (χ1v) is 14.2. The summed E-state index contributed by atoms with van der Waals surface area (Å²) >= 11 is 0. The molecule has 1 aliphatic heterocycles. The normalized spacial score (nSPS) is 20.1. The molecule has 0 amide bonds. The Morgan fingerprint density at radius 3 is 2.11 bits per heavy atom. The highest BCUT2D eigenvalue weighted by Crippen LogP contribution is 2.33. The molecular weight excluding hydrogens is 506 g/mol. The summed E-state index contributed by atoms with van der Waals surface area (Å²) < 4.78 is 53.4. The van der Waals surface area contributed by atoms with Gasteiger partial charge < -0.3 is 4.90 Å². The molecule has 38 heavy (non-hydrogen) atoms. The molecule has 1 aliphatic carbocycles. The molecule has 1 unspecified atom stereocenters. The zero-order valence-corrected chi connectivity index (χ0v) is 22.0. The molecule has 0 radical (unpaired) electrons. The lowest BCUT2D eigenvalue weighted by atomic mass is 9.88. The third kappa shape index (κ3) is 5.39. The van der Waals surface area contributed by atoms with Gasteiger partial charge in [-0.25, -0.2) is 17.2 Å². The number of hydrogen-bond donors (Lipinski definition) is 0. The highest BCUT2D eigenvalue weighted by Gasteiger charge is 2.39. The molecule has 5 rings (SSSR count). The van der Waals surface area contributed by atoms with E-state index in [0.717, 1.165) is 53.3 Å². The second-order valence-electron chi connectivity index (χ2n) is 9.98. The largest absolute Gasteiger partial charge is 0.302 e. The van der Waals surface area contributed by atoms with Gasteiger partial charge in [0.2, 0.25) is 0 Å². The first-order valence-electron chi connectivity index (χ1n) is 12.7. The maximum atomic E-state index is 13.6. The van der Waals surface area contributed by atoms with Crippen LogP contribution in [0.1, 0.15) is 43.0 Å². The molecule has 1 fully saturated rings. The van der Waals surface area contributed by atoms with Crippen molar-refractivity contribution in [3.05, 3.63) is 113 Å². The second kappa shape index (κ2) is 10.7. The van der Waals surface area contributed by atoms with Gasteiger partial charge in [0.05, 0.1) is 11.9 Å². The number of rotatable bonds is 7. The average molecular weight is 537 g/mol. The number of piperidine rings is 1. The van der Waals surface area contributed by atoms with Crippen LogP contribution in [0.2, 0.25) is 0 Å². The Morgan fingerprint density at radius 1 is 0.947 bits per heavy atom. The first-order chi connectivity index (χ1) is 18.2. The summed E-state index contributed by atoms with van der Waals surface area (Å²) in [6, 6.07) is 12.9. The van der Waals surface area contributed by atoms with Crippen LogP contribution in [-0.4, -0.2) is 52.1 Å². The predicted molar refractivity (Wildman–Crippen MR) is 144 cm³/mol. The quantitative estimate of drug-likeness (QED) is 0.418. The Labute approximate surface area is 222 Å². The molecule has 0 bridgehead atoms. The van der Waals surface area contributed by atoms with Gasteiger partial charge in [-0.1, -0.05) is 59.4 Å². The number of benzene rings is 2. The lowest BCUT2D eigenvalue weighted by Gasteiger charge is -2.30. The smallest absolute Gasteiger partial charge is 0.264 e. The minimum absolute atomic E-state index is 0.294. The number of hydrogen-bond acceptors (Lipinski definition) is 5. The van der Waals surface area contributed by atoms with Crippen LogP contribution in [0.25, 0.3) is 5.57 Å². The number of allylic oxidation sites excluding steroid dienone is 3. The number of aromatic nitrogens is 3. The molecule has 2 aliphatic rings. The van der Waals surface area contributed by atoms with Gasteiger partial charge in [-0.3, -0.25) is 0 Å². The van der Waals surface area contributed by atoms with Crippen molar-refractivity contribution in [2.75, 3.05) is 19.6 Å². The van der Waals surface area contributed by atoms with Gasteiger partial charge >= 0.3 is 0 Å². The molecule has 0 spiro atoms. The Balaban J connectivity index is 1.26. The van der Waals surface area contributed by atoms with Crippen molar-refractivity contribution in [2.24, 2.45) is 0 Å². The zero-order valence-electron chi connectivity index (χ0n) is 21.2. The molecule has 1 saturated heterocycles. The van der Waals surface area contributed by atoms with E-state index in [0.29, 0.717) is 18.5 Å². The summed E-state index contributed by atoms with van der Waals surface area (Å²) in [4.78, 5) is 2.32. The van der Waals surface area contributed by atoms with Crippen LogP contribution in [0.5, 0.6) is 0 Å². The molecule has 1 aromatic heterocycles. The van der Waals surface area contributed by atoms with Gasteiger partial charge in [0.1, 0.15) is 16.4 Å². The van der Waals surface area contributed by atoms with Crippen molar-refractivity contribution in [1.82, 2.24) is 19.3 Å². The summed E-state index contributed by atoms with van der Waals surface area (Å²) in [6.07, 6.45) is 11.3. The van der Waals surface area contributed by atoms with E-state index in [1.165, 1.54) is 36.0 Å². The minimum Gasteiger partial charge on any atom is -0.302 e. The molecule has 2 aromatic carbocycles. The van der Waals surface area contributed by atoms with E-state index in [4.69, 9.17) is 0 Å². The topological polar surface area (TPSA) is 68.1 Å². The van der Waals surface area contributed by atoms with Crippen molar-refractivity contribution in [2.45, 2.75) is 37.4 Å². The summed E-state index contributed by atoms with van der Waals surface area (Å²) in [5.74, 6) is -0.587. The fraction of sp³-hybridized carbons (Fsp3) is 0.310. The predicted octanol–water partition coefficient (Wildman–Crippen LogP) is 5.15. The van der Waals surface area contributed by atoms with Crippen LogP contribution in [0.15, 0.2) is 84.6 Å². The molecule has 0 saturated carbocycles. The van der Waals surface area contributed by atoms with Gasteiger partial charge in [0.15, 0.2) is 0 Å². The number of nitrogens with zero attached hydrogens (tertiary/aromatic N) is 4. The van der Waals surface area contributed by atoms with E-state index < -0.39 is 14.8 Å². The van der Waals surface area contributed by atoms with Crippen molar-refractivity contribution in [1.29, 1.82) is 0 Å². The van der Waals surface area contributed by atoms with Crippen LogP contribution in [0.3, 0.4) is 0 Å². The van der Waals surface area contributed by atoms with Crippen LogP contribution >= 0.6 is 0 Å². The Hall–Kier alpha value is -3.43. The standard InChI is InChI=1S/C29H30F2N4O2S/c1-29(16-3-2-4-17-29)38(36,37)35-21-27(32-33-35)15-20-34-18-13-24(14-19-34)28(22-5-9-25(30)10-6-22)23-7-11-26(31)12-8-23/h2-12,16,21H,13-15,17-20H2,1H3. The molecule has 2 heterocycles. The van der Waals surface area contributed by atoms with Gasteiger partial charge in [-0.15, -0.1) is 9.19 Å². The molecule has 6 nitrogen and oxygen atoms in total. The highest BCUT2D eigenvalue weighted by molar-refractivity contribution is 7.91. The number of halogens is 2. The lowest BCUT2D eigenvalue weighted by Crippen LogP contribution is -2.38. The summed E-state index contributed by atoms with van der Waals surface area (Å²) in [6.45, 7) is 4.06. The SMILES string of the molecule is CC1(S(=O)(=O)n2cc(CCN3CCC(=C(c4ccc(F)cc4)c4ccc(F)cc4)CC3)nn2)C=CC=CC1. The number of likely N-dealkylation sites (tertiary alicyclic amines) is 1. The highest BCUT2D eigenvalue weighted by atomic mass is 32.2. The van der Waals surface area contributed by atoms with Crippen LogP contribution < -0.4 is 0 Å². The lowest BCUT2D eigenvalue weighted by molar-refractivity contribution is 0.259. The van der Waals surface area contributed by atoms with Crippen LogP contribution in [0, 0.1) is 11.6 Å². The monoisotopic (exact) mass is 536 g/mol. The summed E-state index contributed by atoms with van der Waals surface area (Å²) in [7, 11) is -3.72. The van der Waals surface area contributed by atoms with Crippen LogP contribution in [-0.2, 0) is 16.4 Å². The van der Waals surface area contributed by atoms with E-state index >= 15 is 0 Å². The maximum Gasteiger partial charge on any atom is 0.264 e. The van der Waals surface area contributed by atoms with E-state index in [9.17, 15) is 17.2 Å². The van der Waals surface area contributed by atoms with Gasteiger partial charge in [0.25, 0.3) is 10.0 Å². The van der Waals surface area contributed by atoms with Crippen molar-refractivity contribution < 1.29 is 17.2 Å². The van der Waals surface area contributed by atoms with Gasteiger partial charge in [-0.2, -0.15) is 0 Å². The van der Waals surface area contributed by atoms with E-state index in [-0.39, 0.29) is 11.6 Å². The molecule has 9 heteroatoms. The zero-order chi connectivity index (χ0) is 26.8. The molecular formula is C29H30F2N4O2S.